The summed E-state index contributed by atoms with van der Waals surface area (Å²) in [5.74, 6) is 0.772. The molecule has 0 bridgehead atoms. The third kappa shape index (κ3) is 2.73. The van der Waals surface area contributed by atoms with Gasteiger partial charge >= 0.3 is 0 Å². The Balaban J connectivity index is 2.43. The second-order valence-electron chi connectivity index (χ2n) is 3.75. The second kappa shape index (κ2) is 5.42. The Hall–Kier alpha value is -1.20. The van der Waals surface area contributed by atoms with Gasteiger partial charge in [0.25, 0.3) is 0 Å². The Morgan fingerprint density at radius 2 is 2.18 bits per heavy atom. The first kappa shape index (κ1) is 12.3. The lowest BCUT2D eigenvalue weighted by Gasteiger charge is -2.09. The summed E-state index contributed by atoms with van der Waals surface area (Å²) < 4.78 is 6.66. The maximum Gasteiger partial charge on any atom is 0.146 e. The molecular weight excluding hydrogens is 282 g/mol. The zero-order valence-corrected chi connectivity index (χ0v) is 11.2. The summed E-state index contributed by atoms with van der Waals surface area (Å²) in [7, 11) is 0. The number of hydrogen-bond acceptors (Lipinski definition) is 4. The van der Waals surface area contributed by atoms with Crippen molar-refractivity contribution in [3.8, 4) is 5.75 Å². The van der Waals surface area contributed by atoms with Crippen LogP contribution in [0.3, 0.4) is 0 Å². The van der Waals surface area contributed by atoms with Crippen molar-refractivity contribution in [1.29, 1.82) is 0 Å². The molecule has 2 aromatic rings. The smallest absolute Gasteiger partial charge is 0.146 e. The minimum atomic E-state index is 0.602. The van der Waals surface area contributed by atoms with E-state index in [9.17, 15) is 0 Å². The molecule has 1 heterocycles. The van der Waals surface area contributed by atoms with Gasteiger partial charge in [-0.15, -0.1) is 0 Å². The monoisotopic (exact) mass is 295 g/mol. The molecule has 4 nitrogen and oxygen atoms in total. The summed E-state index contributed by atoms with van der Waals surface area (Å²) in [6.07, 6.45) is 2.39. The van der Waals surface area contributed by atoms with Crippen LogP contribution in [0.4, 0.5) is 0 Å². The Morgan fingerprint density at radius 1 is 1.35 bits per heavy atom. The van der Waals surface area contributed by atoms with Gasteiger partial charge in [-0.1, -0.05) is 15.9 Å². The molecule has 17 heavy (non-hydrogen) atoms. The Bertz CT molecular complexity index is 530. The highest BCUT2D eigenvalue weighted by atomic mass is 79.9. The molecular formula is C12H14BrN3O. The van der Waals surface area contributed by atoms with E-state index in [0.29, 0.717) is 13.2 Å². The van der Waals surface area contributed by atoms with Gasteiger partial charge in [-0.3, -0.25) is 0 Å². The van der Waals surface area contributed by atoms with Crippen molar-refractivity contribution in [2.45, 2.75) is 13.3 Å². The molecule has 1 aromatic heterocycles. The third-order valence-corrected chi connectivity index (χ3v) is 2.93. The molecule has 0 saturated heterocycles. The number of halogens is 1. The average molecular weight is 296 g/mol. The lowest BCUT2D eigenvalue weighted by Crippen LogP contribution is -2.06. The topological polar surface area (TPSA) is 61.0 Å². The summed E-state index contributed by atoms with van der Waals surface area (Å²) in [4.78, 5) is 8.45. The normalized spacial score (nSPS) is 10.8. The molecule has 0 aliphatic carbocycles. The lowest BCUT2D eigenvalue weighted by molar-refractivity contribution is 0.316. The van der Waals surface area contributed by atoms with Crippen LogP contribution in [-0.2, 0) is 0 Å². The van der Waals surface area contributed by atoms with Crippen molar-refractivity contribution in [2.24, 2.45) is 5.73 Å². The molecule has 0 saturated carbocycles. The SMILES string of the molecule is Cc1ncnc2c(OCCCN)cc(Br)cc12. The molecule has 2 rings (SSSR count). The van der Waals surface area contributed by atoms with E-state index in [1.807, 2.05) is 19.1 Å². The van der Waals surface area contributed by atoms with E-state index in [2.05, 4.69) is 25.9 Å². The van der Waals surface area contributed by atoms with Gasteiger partial charge in [-0.2, -0.15) is 0 Å². The van der Waals surface area contributed by atoms with E-state index in [1.54, 1.807) is 6.33 Å². The molecule has 0 amide bonds. The number of aryl methyl sites for hydroxylation is 1. The predicted octanol–water partition coefficient (Wildman–Crippen LogP) is 2.43. The average Bonchev–Trinajstić information content (AvgIpc) is 2.31. The second-order valence-corrected chi connectivity index (χ2v) is 4.67. The first-order chi connectivity index (χ1) is 8.22. The van der Waals surface area contributed by atoms with Crippen LogP contribution in [0.5, 0.6) is 5.75 Å². The Labute approximate surface area is 108 Å². The fourth-order valence-corrected chi connectivity index (χ4v) is 2.04. The van der Waals surface area contributed by atoms with Gasteiger partial charge in [-0.25, -0.2) is 9.97 Å². The number of fused-ring (bicyclic) bond motifs is 1. The van der Waals surface area contributed by atoms with Crippen LogP contribution >= 0.6 is 15.9 Å². The highest BCUT2D eigenvalue weighted by Gasteiger charge is 2.08. The number of benzene rings is 1. The minimum absolute atomic E-state index is 0.602. The maximum atomic E-state index is 5.70. The molecule has 0 atom stereocenters. The maximum absolute atomic E-state index is 5.70. The first-order valence-corrected chi connectivity index (χ1v) is 6.25. The van der Waals surface area contributed by atoms with Gasteiger partial charge in [0.15, 0.2) is 0 Å². The molecule has 0 radical (unpaired) electrons. The van der Waals surface area contributed by atoms with E-state index in [0.717, 1.165) is 33.2 Å². The van der Waals surface area contributed by atoms with Crippen LogP contribution in [0.15, 0.2) is 22.9 Å². The largest absolute Gasteiger partial charge is 0.491 e. The van der Waals surface area contributed by atoms with Crippen LogP contribution < -0.4 is 10.5 Å². The molecule has 0 spiro atoms. The van der Waals surface area contributed by atoms with Crippen molar-refractivity contribution >= 4 is 26.8 Å². The number of aromatic nitrogens is 2. The number of ether oxygens (including phenoxy) is 1. The van der Waals surface area contributed by atoms with E-state index in [1.165, 1.54) is 0 Å². The Kier molecular flexibility index (Phi) is 3.91. The van der Waals surface area contributed by atoms with Gasteiger partial charge in [0.2, 0.25) is 0 Å². The van der Waals surface area contributed by atoms with Crippen molar-refractivity contribution in [3.05, 3.63) is 28.6 Å². The first-order valence-electron chi connectivity index (χ1n) is 5.46. The molecule has 1 aromatic carbocycles. The molecule has 0 unspecified atom stereocenters. The standard InChI is InChI=1S/C12H14BrN3O/c1-8-10-5-9(13)6-11(17-4-2-3-14)12(10)16-7-15-8/h5-7H,2-4,14H2,1H3. The van der Waals surface area contributed by atoms with Gasteiger partial charge in [0, 0.05) is 15.6 Å². The fourth-order valence-electron chi connectivity index (χ4n) is 1.60. The van der Waals surface area contributed by atoms with Crippen LogP contribution in [0, 0.1) is 6.92 Å². The van der Waals surface area contributed by atoms with E-state index in [4.69, 9.17) is 10.5 Å². The lowest BCUT2D eigenvalue weighted by atomic mass is 10.2. The van der Waals surface area contributed by atoms with Crippen molar-refractivity contribution < 1.29 is 4.74 Å². The Morgan fingerprint density at radius 3 is 2.94 bits per heavy atom. The van der Waals surface area contributed by atoms with Gasteiger partial charge in [0.05, 0.1) is 6.61 Å². The molecule has 0 aliphatic rings. The van der Waals surface area contributed by atoms with Crippen LogP contribution in [0.25, 0.3) is 10.9 Å². The molecule has 5 heteroatoms. The molecule has 90 valence electrons. The summed E-state index contributed by atoms with van der Waals surface area (Å²) in [5, 5.41) is 1.00. The quantitative estimate of drug-likeness (QED) is 0.880. The van der Waals surface area contributed by atoms with E-state index < -0.39 is 0 Å². The zero-order chi connectivity index (χ0) is 12.3. The highest BCUT2D eigenvalue weighted by Crippen LogP contribution is 2.29. The van der Waals surface area contributed by atoms with E-state index in [-0.39, 0.29) is 0 Å². The summed E-state index contributed by atoms with van der Waals surface area (Å²) in [6.45, 7) is 3.19. The van der Waals surface area contributed by atoms with Gasteiger partial charge in [0.1, 0.15) is 17.6 Å². The van der Waals surface area contributed by atoms with Crippen LogP contribution in [0.1, 0.15) is 12.1 Å². The van der Waals surface area contributed by atoms with Crippen LogP contribution in [-0.4, -0.2) is 23.1 Å². The summed E-state index contributed by atoms with van der Waals surface area (Å²) in [6, 6.07) is 3.92. The minimum Gasteiger partial charge on any atom is -0.491 e. The fraction of sp³-hybridized carbons (Fsp3) is 0.333. The van der Waals surface area contributed by atoms with E-state index >= 15 is 0 Å². The molecule has 0 aliphatic heterocycles. The molecule has 2 N–H and O–H groups in total. The van der Waals surface area contributed by atoms with Gasteiger partial charge in [-0.05, 0) is 32.0 Å². The zero-order valence-electron chi connectivity index (χ0n) is 9.61. The number of nitrogens with zero attached hydrogens (tertiary/aromatic N) is 2. The highest BCUT2D eigenvalue weighted by molar-refractivity contribution is 9.10. The number of hydrogen-bond donors (Lipinski definition) is 1. The molecule has 0 fully saturated rings. The van der Waals surface area contributed by atoms with Crippen molar-refractivity contribution in [1.82, 2.24) is 9.97 Å². The van der Waals surface area contributed by atoms with Crippen LogP contribution in [0.2, 0.25) is 0 Å². The predicted molar refractivity (Wildman–Crippen MR) is 71.1 cm³/mol. The number of rotatable bonds is 4. The summed E-state index contributed by atoms with van der Waals surface area (Å²) in [5.41, 5.74) is 7.23. The van der Waals surface area contributed by atoms with Crippen molar-refractivity contribution in [2.75, 3.05) is 13.2 Å². The van der Waals surface area contributed by atoms with Gasteiger partial charge < -0.3 is 10.5 Å². The third-order valence-electron chi connectivity index (χ3n) is 2.47. The van der Waals surface area contributed by atoms with Crippen molar-refractivity contribution in [3.63, 3.8) is 0 Å². The summed E-state index contributed by atoms with van der Waals surface area (Å²) >= 11 is 3.47. The number of nitrogens with two attached hydrogens (primary N) is 1.